The molecule has 0 saturated carbocycles. The van der Waals surface area contributed by atoms with Crippen molar-refractivity contribution in [1.82, 2.24) is 9.97 Å². The molecule has 0 bridgehead atoms. The van der Waals surface area contributed by atoms with Crippen LogP contribution in [-0.4, -0.2) is 30.1 Å². The first-order chi connectivity index (χ1) is 7.10. The first-order valence-corrected chi connectivity index (χ1v) is 5.34. The van der Waals surface area contributed by atoms with Crippen LogP contribution in [0.25, 0.3) is 0 Å². The Balaban J connectivity index is 3.01. The van der Waals surface area contributed by atoms with Gasteiger partial charge >= 0.3 is 0 Å². The summed E-state index contributed by atoms with van der Waals surface area (Å²) in [5.74, 6) is 1.68. The summed E-state index contributed by atoms with van der Waals surface area (Å²) in [6.45, 7) is 6.41. The van der Waals surface area contributed by atoms with Crippen LogP contribution in [0, 0.1) is 6.92 Å². The van der Waals surface area contributed by atoms with E-state index in [9.17, 15) is 0 Å². The second-order valence-corrected chi connectivity index (χ2v) is 3.82. The Hall–Kier alpha value is -1.32. The first-order valence-electron chi connectivity index (χ1n) is 5.34. The van der Waals surface area contributed by atoms with E-state index in [4.69, 9.17) is 0 Å². The van der Waals surface area contributed by atoms with Crippen LogP contribution in [0.15, 0.2) is 6.20 Å². The highest BCUT2D eigenvalue weighted by Crippen LogP contribution is 2.19. The topological polar surface area (TPSA) is 41.1 Å². The van der Waals surface area contributed by atoms with Crippen LogP contribution in [0.2, 0.25) is 0 Å². The summed E-state index contributed by atoms with van der Waals surface area (Å²) in [5, 5.41) is 2.96. The molecule has 0 saturated heterocycles. The average molecular weight is 208 g/mol. The summed E-state index contributed by atoms with van der Waals surface area (Å²) in [5.41, 5.74) is 1.11. The van der Waals surface area contributed by atoms with Gasteiger partial charge in [0.05, 0.1) is 0 Å². The van der Waals surface area contributed by atoms with Crippen LogP contribution in [0.5, 0.6) is 0 Å². The Morgan fingerprint density at radius 3 is 2.73 bits per heavy atom. The van der Waals surface area contributed by atoms with E-state index >= 15 is 0 Å². The quantitative estimate of drug-likeness (QED) is 0.822. The third-order valence-corrected chi connectivity index (χ3v) is 2.75. The van der Waals surface area contributed by atoms with Crippen LogP contribution < -0.4 is 10.2 Å². The van der Waals surface area contributed by atoms with Gasteiger partial charge in [-0.15, -0.1) is 0 Å². The maximum absolute atomic E-state index is 4.46. The predicted octanol–water partition coefficient (Wildman–Crippen LogP) is 2.06. The van der Waals surface area contributed by atoms with Crippen LogP contribution in [0.3, 0.4) is 0 Å². The highest BCUT2D eigenvalue weighted by atomic mass is 15.2. The Morgan fingerprint density at radius 2 is 2.20 bits per heavy atom. The second kappa shape index (κ2) is 4.96. The molecule has 1 aromatic rings. The predicted molar refractivity (Wildman–Crippen MR) is 64.5 cm³/mol. The molecular weight excluding hydrogens is 188 g/mol. The van der Waals surface area contributed by atoms with E-state index in [0.29, 0.717) is 12.0 Å². The molecule has 1 heterocycles. The van der Waals surface area contributed by atoms with E-state index in [1.807, 2.05) is 20.2 Å². The van der Waals surface area contributed by atoms with E-state index in [0.717, 1.165) is 17.8 Å². The monoisotopic (exact) mass is 208 g/mol. The molecular formula is C11H20N4. The maximum Gasteiger partial charge on any atom is 0.224 e. The fourth-order valence-corrected chi connectivity index (χ4v) is 1.39. The summed E-state index contributed by atoms with van der Waals surface area (Å²) in [6, 6.07) is 0.489. The van der Waals surface area contributed by atoms with Crippen molar-refractivity contribution in [3.8, 4) is 0 Å². The highest BCUT2D eigenvalue weighted by Gasteiger charge is 2.12. The minimum Gasteiger partial charge on any atom is -0.357 e. The molecule has 0 amide bonds. The number of rotatable bonds is 4. The van der Waals surface area contributed by atoms with Gasteiger partial charge in [-0.2, -0.15) is 4.98 Å². The molecule has 4 nitrogen and oxygen atoms in total. The molecule has 0 radical (unpaired) electrons. The Kier molecular flexibility index (Phi) is 3.88. The molecule has 1 unspecified atom stereocenters. The van der Waals surface area contributed by atoms with Gasteiger partial charge in [-0.1, -0.05) is 6.92 Å². The van der Waals surface area contributed by atoms with Crippen LogP contribution in [0.4, 0.5) is 11.8 Å². The molecule has 0 aliphatic heterocycles. The van der Waals surface area contributed by atoms with Gasteiger partial charge in [-0.05, 0) is 20.3 Å². The van der Waals surface area contributed by atoms with Crippen molar-refractivity contribution in [2.24, 2.45) is 0 Å². The number of anilines is 2. The lowest BCUT2D eigenvalue weighted by Gasteiger charge is -2.26. The Labute approximate surface area is 91.7 Å². The highest BCUT2D eigenvalue weighted by molar-refractivity contribution is 5.48. The smallest absolute Gasteiger partial charge is 0.224 e. The minimum atomic E-state index is 0.489. The van der Waals surface area contributed by atoms with Gasteiger partial charge in [0.15, 0.2) is 0 Å². The molecule has 1 N–H and O–H groups in total. The van der Waals surface area contributed by atoms with Crippen molar-refractivity contribution < 1.29 is 0 Å². The number of nitrogens with one attached hydrogen (secondary N) is 1. The second-order valence-electron chi connectivity index (χ2n) is 3.82. The molecule has 0 aromatic carbocycles. The third kappa shape index (κ3) is 2.58. The van der Waals surface area contributed by atoms with E-state index in [2.05, 4.69) is 41.1 Å². The zero-order chi connectivity index (χ0) is 11.4. The number of hydrogen-bond donors (Lipinski definition) is 1. The number of aromatic nitrogens is 2. The number of nitrogens with zero attached hydrogens (tertiary/aromatic N) is 3. The normalized spacial score (nSPS) is 12.3. The van der Waals surface area contributed by atoms with Gasteiger partial charge in [-0.25, -0.2) is 4.98 Å². The maximum atomic E-state index is 4.46. The van der Waals surface area contributed by atoms with Gasteiger partial charge < -0.3 is 10.2 Å². The summed E-state index contributed by atoms with van der Waals surface area (Å²) >= 11 is 0. The molecule has 0 spiro atoms. The Morgan fingerprint density at radius 1 is 1.53 bits per heavy atom. The molecule has 0 aliphatic rings. The van der Waals surface area contributed by atoms with Crippen molar-refractivity contribution >= 4 is 11.8 Å². The van der Waals surface area contributed by atoms with E-state index < -0.39 is 0 Å². The molecule has 84 valence electrons. The summed E-state index contributed by atoms with van der Waals surface area (Å²) in [7, 11) is 3.90. The zero-order valence-corrected chi connectivity index (χ0v) is 10.2. The minimum absolute atomic E-state index is 0.489. The SMILES string of the molecule is CCC(C)N(C)c1nc(NC)ncc1C. The van der Waals surface area contributed by atoms with Crippen molar-refractivity contribution in [2.45, 2.75) is 33.2 Å². The van der Waals surface area contributed by atoms with Crippen LogP contribution >= 0.6 is 0 Å². The lowest BCUT2D eigenvalue weighted by molar-refractivity contribution is 0.654. The molecule has 1 aromatic heterocycles. The van der Waals surface area contributed by atoms with Crippen molar-refractivity contribution in [2.75, 3.05) is 24.3 Å². The van der Waals surface area contributed by atoms with E-state index in [-0.39, 0.29) is 0 Å². The van der Waals surface area contributed by atoms with Crippen molar-refractivity contribution in [1.29, 1.82) is 0 Å². The molecule has 0 aliphatic carbocycles. The van der Waals surface area contributed by atoms with Crippen molar-refractivity contribution in [3.05, 3.63) is 11.8 Å². The van der Waals surface area contributed by atoms with E-state index in [1.165, 1.54) is 0 Å². The fourth-order valence-electron chi connectivity index (χ4n) is 1.39. The van der Waals surface area contributed by atoms with Gasteiger partial charge in [-0.3, -0.25) is 0 Å². The van der Waals surface area contributed by atoms with Crippen molar-refractivity contribution in [3.63, 3.8) is 0 Å². The van der Waals surface area contributed by atoms with E-state index in [1.54, 1.807) is 0 Å². The first kappa shape index (κ1) is 11.8. The molecule has 15 heavy (non-hydrogen) atoms. The van der Waals surface area contributed by atoms with Gasteiger partial charge in [0, 0.05) is 31.9 Å². The van der Waals surface area contributed by atoms with Crippen LogP contribution in [0.1, 0.15) is 25.8 Å². The van der Waals surface area contributed by atoms with Crippen LogP contribution in [-0.2, 0) is 0 Å². The van der Waals surface area contributed by atoms with Gasteiger partial charge in [0.2, 0.25) is 5.95 Å². The third-order valence-electron chi connectivity index (χ3n) is 2.75. The largest absolute Gasteiger partial charge is 0.357 e. The molecule has 1 atom stereocenters. The summed E-state index contributed by atoms with van der Waals surface area (Å²) < 4.78 is 0. The number of aryl methyl sites for hydroxylation is 1. The summed E-state index contributed by atoms with van der Waals surface area (Å²) in [4.78, 5) is 10.8. The standard InChI is InChI=1S/C11H20N4/c1-6-9(3)15(5)10-8(2)7-13-11(12-4)14-10/h7,9H,6H2,1-5H3,(H,12,13,14). The molecule has 0 fully saturated rings. The Bertz CT molecular complexity index is 324. The van der Waals surface area contributed by atoms with Gasteiger partial charge in [0.25, 0.3) is 0 Å². The lowest BCUT2D eigenvalue weighted by Crippen LogP contribution is -2.29. The summed E-state index contributed by atoms with van der Waals surface area (Å²) in [6.07, 6.45) is 2.96. The fraction of sp³-hybridized carbons (Fsp3) is 0.636. The van der Waals surface area contributed by atoms with Gasteiger partial charge in [0.1, 0.15) is 5.82 Å². The molecule has 1 rings (SSSR count). The number of hydrogen-bond acceptors (Lipinski definition) is 4. The molecule has 4 heteroatoms. The lowest BCUT2D eigenvalue weighted by atomic mass is 10.2. The zero-order valence-electron chi connectivity index (χ0n) is 10.2. The average Bonchev–Trinajstić information content (AvgIpc) is 2.27.